The van der Waals surface area contributed by atoms with Gasteiger partial charge in [0.1, 0.15) is 0 Å². The van der Waals surface area contributed by atoms with Crippen molar-refractivity contribution < 1.29 is 0 Å². The second-order valence-electron chi connectivity index (χ2n) is 21.3. The minimum atomic E-state index is 1.26. The second kappa shape index (κ2) is 30.1. The molecule has 0 amide bonds. The lowest BCUT2D eigenvalue weighted by Crippen LogP contribution is -1.85. The number of aryl methyl sites for hydroxylation is 6. The van der Waals surface area contributed by atoms with E-state index in [1.807, 2.05) is 18.2 Å². The third-order valence-corrected chi connectivity index (χ3v) is 14.8. The van der Waals surface area contributed by atoms with Crippen LogP contribution in [-0.4, -0.2) is 0 Å². The van der Waals surface area contributed by atoms with E-state index in [4.69, 9.17) is 0 Å². The Morgan fingerprint density at radius 3 is 0.738 bits per heavy atom. The molecule has 0 aliphatic carbocycles. The highest BCUT2D eigenvalue weighted by Crippen LogP contribution is 2.31. The average molecular weight is 1080 g/mol. The van der Waals surface area contributed by atoms with Crippen molar-refractivity contribution in [2.45, 2.75) is 41.5 Å². The van der Waals surface area contributed by atoms with Crippen molar-refractivity contribution in [3.8, 4) is 89.0 Å². The molecule has 0 heteroatoms. The molecular formula is C84H74. The van der Waals surface area contributed by atoms with Crippen molar-refractivity contribution >= 4 is 0 Å². The van der Waals surface area contributed by atoms with Gasteiger partial charge in [-0.15, -0.1) is 0 Å². The van der Waals surface area contributed by atoms with Gasteiger partial charge in [-0.25, -0.2) is 0 Å². The number of hydrogen-bond donors (Lipinski definition) is 0. The fourth-order valence-electron chi connectivity index (χ4n) is 10.1. The topological polar surface area (TPSA) is 0 Å². The van der Waals surface area contributed by atoms with E-state index in [1.54, 1.807) is 0 Å². The van der Waals surface area contributed by atoms with Gasteiger partial charge in [0.15, 0.2) is 0 Å². The Balaban J connectivity index is 0.000000127. The smallest absolute Gasteiger partial charge is 0.0154 e. The van der Waals surface area contributed by atoms with Gasteiger partial charge in [-0.05, 0) is 165 Å². The quantitative estimate of drug-likeness (QED) is 0.142. The molecule has 0 saturated heterocycles. The zero-order chi connectivity index (χ0) is 58.3. The molecule has 13 aromatic carbocycles. The van der Waals surface area contributed by atoms with Gasteiger partial charge in [0.2, 0.25) is 0 Å². The van der Waals surface area contributed by atoms with Crippen LogP contribution < -0.4 is 0 Å². The van der Waals surface area contributed by atoms with Gasteiger partial charge in [-0.3, -0.25) is 0 Å². The number of hydrogen-bond acceptors (Lipinski definition) is 0. The van der Waals surface area contributed by atoms with Crippen LogP contribution in [0.15, 0.2) is 340 Å². The highest BCUT2D eigenvalue weighted by atomic mass is 14.1. The Labute approximate surface area is 500 Å². The van der Waals surface area contributed by atoms with Crippen molar-refractivity contribution in [3.05, 3.63) is 373 Å². The molecule has 0 aliphatic rings. The van der Waals surface area contributed by atoms with E-state index in [-0.39, 0.29) is 0 Å². The summed E-state index contributed by atoms with van der Waals surface area (Å²) in [5.74, 6) is 0. The van der Waals surface area contributed by atoms with E-state index >= 15 is 0 Å². The van der Waals surface area contributed by atoms with E-state index < -0.39 is 0 Å². The summed E-state index contributed by atoms with van der Waals surface area (Å²) < 4.78 is 0. The summed E-state index contributed by atoms with van der Waals surface area (Å²) >= 11 is 0. The van der Waals surface area contributed by atoms with Gasteiger partial charge in [-0.2, -0.15) is 0 Å². The van der Waals surface area contributed by atoms with Gasteiger partial charge in [0.25, 0.3) is 0 Å². The van der Waals surface area contributed by atoms with Crippen LogP contribution in [0.4, 0.5) is 0 Å². The Morgan fingerprint density at radius 1 is 0.131 bits per heavy atom. The predicted molar refractivity (Wildman–Crippen MR) is 364 cm³/mol. The van der Waals surface area contributed by atoms with Gasteiger partial charge in [0.05, 0.1) is 0 Å². The molecular weight excluding hydrogens is 1010 g/mol. The molecule has 0 saturated carbocycles. The molecule has 0 heterocycles. The van der Waals surface area contributed by atoms with Crippen molar-refractivity contribution in [3.63, 3.8) is 0 Å². The highest BCUT2D eigenvalue weighted by Gasteiger charge is 2.07. The van der Waals surface area contributed by atoms with E-state index in [1.165, 1.54) is 122 Å². The van der Waals surface area contributed by atoms with Crippen LogP contribution >= 0.6 is 0 Å². The molecule has 0 bridgehead atoms. The molecule has 0 radical (unpaired) electrons. The third-order valence-electron chi connectivity index (χ3n) is 14.8. The lowest BCUT2D eigenvalue weighted by molar-refractivity contribution is 1.34. The molecule has 0 aliphatic heterocycles. The van der Waals surface area contributed by atoms with Gasteiger partial charge < -0.3 is 0 Å². The highest BCUT2D eigenvalue weighted by molar-refractivity contribution is 5.76. The van der Waals surface area contributed by atoms with Crippen LogP contribution in [0.3, 0.4) is 0 Å². The van der Waals surface area contributed by atoms with Crippen LogP contribution in [0.25, 0.3) is 89.0 Å². The van der Waals surface area contributed by atoms with Crippen molar-refractivity contribution in [2.24, 2.45) is 0 Å². The first-order valence-corrected chi connectivity index (χ1v) is 29.0. The number of rotatable bonds is 8. The molecule has 0 atom stereocenters. The van der Waals surface area contributed by atoms with E-state index in [9.17, 15) is 0 Å². The first-order valence-electron chi connectivity index (χ1n) is 29.0. The lowest BCUT2D eigenvalue weighted by atomic mass is 9.96. The summed E-state index contributed by atoms with van der Waals surface area (Å²) in [4.78, 5) is 0. The van der Waals surface area contributed by atoms with Crippen LogP contribution in [0.5, 0.6) is 0 Å². The minimum Gasteiger partial charge on any atom is -0.0622 e. The first-order chi connectivity index (χ1) is 41.1. The fraction of sp³-hybridized carbons (Fsp3) is 0.0714. The summed E-state index contributed by atoms with van der Waals surface area (Å²) in [5, 5.41) is 0. The summed E-state index contributed by atoms with van der Waals surface area (Å²) in [5.41, 5.74) is 28.4. The van der Waals surface area contributed by atoms with Gasteiger partial charge in [0, 0.05) is 0 Å². The molecule has 0 fully saturated rings. The Hall–Kier alpha value is -10.1. The van der Waals surface area contributed by atoms with E-state index in [0.717, 1.165) is 0 Å². The minimum absolute atomic E-state index is 1.26. The summed E-state index contributed by atoms with van der Waals surface area (Å²) in [7, 11) is 0. The molecule has 0 spiro atoms. The van der Waals surface area contributed by atoms with Crippen LogP contribution in [0.1, 0.15) is 33.4 Å². The molecule has 84 heavy (non-hydrogen) atoms. The van der Waals surface area contributed by atoms with Crippen LogP contribution in [0, 0.1) is 41.5 Å². The maximum absolute atomic E-state index is 2.26. The van der Waals surface area contributed by atoms with Crippen molar-refractivity contribution in [1.82, 2.24) is 0 Å². The molecule has 410 valence electrons. The average Bonchev–Trinajstić information content (AvgIpc) is 3.71. The normalized spacial score (nSPS) is 10.3. The van der Waals surface area contributed by atoms with Gasteiger partial charge in [-0.1, -0.05) is 339 Å². The van der Waals surface area contributed by atoms with Gasteiger partial charge >= 0.3 is 0 Å². The standard InChI is InChI=1S/3C19H16.C14H14.C13H12/c1-15-12-18(16-8-4-2-5-9-16)14-19(13-15)17-10-6-3-7-11-17;1-15-14-18(16-8-4-2-5-9-16)12-13-19(15)17-10-6-3-7-11-17;1-15-7-5-10-17(13-15)19-12-6-11-18(14-19)16-8-3-2-4-9-16;1-11-8-9-14(10-12(11)2)13-6-4-3-5-7-13;1-11-6-5-9-13(10-11)12-7-3-2-4-8-12/h3*2-14H,1H3;3-10H,1-2H3;2-10H,1H3. The molecule has 0 aromatic heterocycles. The van der Waals surface area contributed by atoms with Crippen molar-refractivity contribution in [1.29, 1.82) is 0 Å². The SMILES string of the molecule is Cc1cc(-c2ccccc2)cc(-c2ccccc2)c1.Cc1cc(-c2ccccc2)ccc1-c1ccccc1.Cc1ccc(-c2ccccc2)cc1C.Cc1cccc(-c2cccc(-c3ccccc3)c2)c1.Cc1cccc(-c2ccccc2)c1. The predicted octanol–water partition coefficient (Wildman–Crippen LogP) is 23.6. The maximum atomic E-state index is 2.26. The van der Waals surface area contributed by atoms with Crippen molar-refractivity contribution in [2.75, 3.05) is 0 Å². The largest absolute Gasteiger partial charge is 0.0622 e. The van der Waals surface area contributed by atoms with Crippen LogP contribution in [-0.2, 0) is 0 Å². The molecule has 0 nitrogen and oxygen atoms in total. The fourth-order valence-corrected chi connectivity index (χ4v) is 10.1. The zero-order valence-electron chi connectivity index (χ0n) is 49.3. The molecule has 13 aromatic rings. The summed E-state index contributed by atoms with van der Waals surface area (Å²) in [6.07, 6.45) is 0. The molecule has 0 N–H and O–H groups in total. The van der Waals surface area contributed by atoms with Crippen LogP contribution in [0.2, 0.25) is 0 Å². The number of benzene rings is 13. The Bertz CT molecular complexity index is 4020. The summed E-state index contributed by atoms with van der Waals surface area (Å²) in [6, 6.07) is 119. The van der Waals surface area contributed by atoms with E-state index in [0.29, 0.717) is 0 Å². The van der Waals surface area contributed by atoms with E-state index in [2.05, 4.69) is 363 Å². The Kier molecular flexibility index (Phi) is 20.9. The third kappa shape index (κ3) is 17.0. The Morgan fingerprint density at radius 2 is 0.381 bits per heavy atom. The molecule has 13 rings (SSSR count). The monoisotopic (exact) mass is 1080 g/mol. The zero-order valence-corrected chi connectivity index (χ0v) is 49.3. The second-order valence-corrected chi connectivity index (χ2v) is 21.3. The lowest BCUT2D eigenvalue weighted by Gasteiger charge is -2.09. The first kappa shape index (κ1) is 58.5. The summed E-state index contributed by atoms with van der Waals surface area (Å²) in [6.45, 7) is 12.9. The maximum Gasteiger partial charge on any atom is -0.0154 e. The molecule has 0 unspecified atom stereocenters.